The molecular formula is C14H13N2O5S-. The molecule has 0 aliphatic rings. The monoisotopic (exact) mass is 321 g/mol. The molecule has 0 atom stereocenters. The Morgan fingerprint density at radius 2 is 1.55 bits per heavy atom. The Kier molecular flexibility index (Phi) is 4.05. The highest BCUT2D eigenvalue weighted by atomic mass is 32.2. The fourth-order valence-corrected chi connectivity index (χ4v) is 3.01. The lowest BCUT2D eigenvalue weighted by atomic mass is 10.1. The zero-order chi connectivity index (χ0) is 16.5. The summed E-state index contributed by atoms with van der Waals surface area (Å²) in [6.07, 6.45) is 0. The highest BCUT2D eigenvalue weighted by Crippen LogP contribution is 2.25. The maximum Gasteiger partial charge on any atom is 0.269 e. The number of benzene rings is 2. The summed E-state index contributed by atoms with van der Waals surface area (Å²) in [5.41, 5.74) is 0.942. The summed E-state index contributed by atoms with van der Waals surface area (Å²) in [6.45, 7) is 3.19. The van der Waals surface area contributed by atoms with Crippen LogP contribution in [0, 0.1) is 24.0 Å². The lowest BCUT2D eigenvalue weighted by Gasteiger charge is -2.17. The van der Waals surface area contributed by atoms with E-state index in [2.05, 4.69) is 4.72 Å². The molecule has 0 aromatic heterocycles. The SMILES string of the molecule is Cc1cc(NS(=O)(=O)c2ccc([N+](=O)[O-])cc2)cc(C)c1[O-]. The minimum absolute atomic E-state index is 0.0976. The Morgan fingerprint density at radius 3 is 2.00 bits per heavy atom. The normalized spacial score (nSPS) is 11.2. The highest BCUT2D eigenvalue weighted by molar-refractivity contribution is 7.92. The molecule has 116 valence electrons. The van der Waals surface area contributed by atoms with Gasteiger partial charge in [-0.1, -0.05) is 11.1 Å². The van der Waals surface area contributed by atoms with Crippen LogP contribution in [0.4, 0.5) is 11.4 Å². The highest BCUT2D eigenvalue weighted by Gasteiger charge is 2.16. The molecule has 0 aliphatic carbocycles. The van der Waals surface area contributed by atoms with Crippen molar-refractivity contribution < 1.29 is 18.4 Å². The van der Waals surface area contributed by atoms with E-state index in [1.54, 1.807) is 13.8 Å². The van der Waals surface area contributed by atoms with Crippen LogP contribution in [0.2, 0.25) is 0 Å². The lowest BCUT2D eigenvalue weighted by molar-refractivity contribution is -0.384. The topological polar surface area (TPSA) is 112 Å². The van der Waals surface area contributed by atoms with Crippen molar-refractivity contribution in [2.45, 2.75) is 18.7 Å². The third-order valence-corrected chi connectivity index (χ3v) is 4.47. The Morgan fingerprint density at radius 1 is 1.05 bits per heavy atom. The molecule has 0 saturated heterocycles. The molecule has 2 aromatic rings. The third kappa shape index (κ3) is 3.17. The van der Waals surface area contributed by atoms with E-state index in [4.69, 9.17) is 0 Å². The zero-order valence-electron chi connectivity index (χ0n) is 11.9. The molecule has 0 saturated carbocycles. The molecule has 0 radical (unpaired) electrons. The first kappa shape index (κ1) is 15.8. The van der Waals surface area contributed by atoms with E-state index in [9.17, 15) is 23.6 Å². The quantitative estimate of drug-likeness (QED) is 0.684. The fourth-order valence-electron chi connectivity index (χ4n) is 1.97. The maximum absolute atomic E-state index is 12.2. The number of sulfonamides is 1. The Bertz CT molecular complexity index is 806. The number of rotatable bonds is 4. The van der Waals surface area contributed by atoms with Crippen molar-refractivity contribution in [1.82, 2.24) is 0 Å². The largest absolute Gasteiger partial charge is 0.872 e. The Hall–Kier alpha value is -2.61. The van der Waals surface area contributed by atoms with Crippen molar-refractivity contribution in [2.75, 3.05) is 4.72 Å². The number of nitro groups is 1. The summed E-state index contributed by atoms with van der Waals surface area (Å²) in [5, 5.41) is 22.2. The lowest BCUT2D eigenvalue weighted by Crippen LogP contribution is -2.13. The minimum atomic E-state index is -3.88. The van der Waals surface area contributed by atoms with Crippen LogP contribution in [0.15, 0.2) is 41.3 Å². The summed E-state index contributed by atoms with van der Waals surface area (Å²) in [6, 6.07) is 7.43. The van der Waals surface area contributed by atoms with Crippen LogP contribution in [-0.2, 0) is 10.0 Å². The van der Waals surface area contributed by atoms with Crippen LogP contribution in [0.3, 0.4) is 0 Å². The van der Waals surface area contributed by atoms with E-state index in [1.807, 2.05) is 0 Å². The predicted octanol–water partition coefficient (Wildman–Crippen LogP) is 2.09. The summed E-state index contributed by atoms with van der Waals surface area (Å²) in [5.74, 6) is -0.140. The minimum Gasteiger partial charge on any atom is -0.872 e. The summed E-state index contributed by atoms with van der Waals surface area (Å²) in [7, 11) is -3.88. The zero-order valence-corrected chi connectivity index (χ0v) is 12.7. The van der Waals surface area contributed by atoms with Gasteiger partial charge in [0.25, 0.3) is 15.7 Å². The van der Waals surface area contributed by atoms with Gasteiger partial charge >= 0.3 is 0 Å². The number of nitrogens with zero attached hydrogens (tertiary/aromatic N) is 1. The molecule has 0 spiro atoms. The number of nitro benzene ring substituents is 1. The van der Waals surface area contributed by atoms with E-state index < -0.39 is 14.9 Å². The molecule has 22 heavy (non-hydrogen) atoms. The second-order valence-electron chi connectivity index (χ2n) is 4.80. The second-order valence-corrected chi connectivity index (χ2v) is 6.48. The maximum atomic E-state index is 12.2. The van der Waals surface area contributed by atoms with Gasteiger partial charge in [0, 0.05) is 17.8 Å². The van der Waals surface area contributed by atoms with E-state index in [1.165, 1.54) is 12.1 Å². The van der Waals surface area contributed by atoms with E-state index in [0.29, 0.717) is 11.1 Å². The molecule has 8 heteroatoms. The van der Waals surface area contributed by atoms with E-state index in [0.717, 1.165) is 24.3 Å². The molecule has 0 aliphatic heterocycles. The van der Waals surface area contributed by atoms with Gasteiger partial charge in [0.15, 0.2) is 0 Å². The van der Waals surface area contributed by atoms with Crippen molar-refractivity contribution in [3.8, 4) is 5.75 Å². The number of hydrogen-bond donors (Lipinski definition) is 1. The summed E-state index contributed by atoms with van der Waals surface area (Å²) < 4.78 is 26.8. The number of aryl methyl sites for hydroxylation is 2. The van der Waals surface area contributed by atoms with Gasteiger partial charge in [0.1, 0.15) is 0 Å². The van der Waals surface area contributed by atoms with Gasteiger partial charge in [-0.05, 0) is 38.1 Å². The van der Waals surface area contributed by atoms with Crippen molar-refractivity contribution in [3.05, 3.63) is 57.6 Å². The Balaban J connectivity index is 2.33. The van der Waals surface area contributed by atoms with Gasteiger partial charge in [0.2, 0.25) is 0 Å². The average molecular weight is 321 g/mol. The number of hydrogen-bond acceptors (Lipinski definition) is 5. The van der Waals surface area contributed by atoms with Gasteiger partial charge in [0.05, 0.1) is 9.82 Å². The Labute approximate surface area is 127 Å². The molecule has 1 N–H and O–H groups in total. The fraction of sp³-hybridized carbons (Fsp3) is 0.143. The van der Waals surface area contributed by atoms with Crippen LogP contribution in [0.5, 0.6) is 5.75 Å². The molecule has 0 heterocycles. The van der Waals surface area contributed by atoms with Crippen LogP contribution < -0.4 is 9.83 Å². The molecule has 7 nitrogen and oxygen atoms in total. The number of nitrogens with one attached hydrogen (secondary N) is 1. The van der Waals surface area contributed by atoms with Crippen LogP contribution in [-0.4, -0.2) is 13.3 Å². The standard InChI is InChI=1S/C14H14N2O5S/c1-9-7-11(8-10(2)14(9)17)15-22(20,21)13-5-3-12(4-6-13)16(18)19/h3-8,15,17H,1-2H3/p-1. The smallest absolute Gasteiger partial charge is 0.269 e. The van der Waals surface area contributed by atoms with E-state index >= 15 is 0 Å². The van der Waals surface area contributed by atoms with Crippen molar-refractivity contribution in [3.63, 3.8) is 0 Å². The van der Waals surface area contributed by atoms with Crippen molar-refractivity contribution >= 4 is 21.4 Å². The molecule has 0 fully saturated rings. The molecule has 0 amide bonds. The van der Waals surface area contributed by atoms with Crippen LogP contribution >= 0.6 is 0 Å². The summed E-state index contributed by atoms with van der Waals surface area (Å²) >= 11 is 0. The number of anilines is 1. The van der Waals surface area contributed by atoms with Gasteiger partial charge < -0.3 is 5.11 Å². The van der Waals surface area contributed by atoms with Crippen molar-refractivity contribution in [2.24, 2.45) is 0 Å². The molecule has 2 aromatic carbocycles. The van der Waals surface area contributed by atoms with Crippen LogP contribution in [0.25, 0.3) is 0 Å². The first-order valence-electron chi connectivity index (χ1n) is 6.26. The first-order valence-corrected chi connectivity index (χ1v) is 7.74. The third-order valence-electron chi connectivity index (χ3n) is 3.07. The van der Waals surface area contributed by atoms with E-state index in [-0.39, 0.29) is 22.0 Å². The van der Waals surface area contributed by atoms with Crippen LogP contribution in [0.1, 0.15) is 11.1 Å². The first-order chi connectivity index (χ1) is 10.2. The summed E-state index contributed by atoms with van der Waals surface area (Å²) in [4.78, 5) is 9.87. The molecule has 0 bridgehead atoms. The van der Waals surface area contributed by atoms with Gasteiger partial charge in [-0.3, -0.25) is 14.8 Å². The number of non-ortho nitro benzene ring substituents is 1. The average Bonchev–Trinajstić information content (AvgIpc) is 2.44. The van der Waals surface area contributed by atoms with Gasteiger partial charge in [-0.25, -0.2) is 8.42 Å². The molecule has 0 unspecified atom stereocenters. The molecule has 2 rings (SSSR count). The molecular weight excluding hydrogens is 308 g/mol. The van der Waals surface area contributed by atoms with Crippen molar-refractivity contribution in [1.29, 1.82) is 0 Å². The second kappa shape index (κ2) is 5.64. The predicted molar refractivity (Wildman–Crippen MR) is 79.3 cm³/mol. The van der Waals surface area contributed by atoms with Gasteiger partial charge in [-0.15, -0.1) is 5.75 Å². The van der Waals surface area contributed by atoms with Gasteiger partial charge in [-0.2, -0.15) is 0 Å².